The van der Waals surface area contributed by atoms with E-state index in [1.165, 1.54) is 18.5 Å². The van der Waals surface area contributed by atoms with Crippen molar-refractivity contribution in [2.75, 3.05) is 26.9 Å². The Labute approximate surface area is 98.4 Å². The quantitative estimate of drug-likeness (QED) is 0.690. The third-order valence-electron chi connectivity index (χ3n) is 2.13. The summed E-state index contributed by atoms with van der Waals surface area (Å²) in [5, 5.41) is 8.77. The van der Waals surface area contributed by atoms with Crippen molar-refractivity contribution in [2.24, 2.45) is 0 Å². The molecule has 0 aromatic carbocycles. The number of aromatic carboxylic acids is 1. The molecule has 0 aliphatic heterocycles. The Morgan fingerprint density at radius 2 is 2.18 bits per heavy atom. The van der Waals surface area contributed by atoms with Crippen LogP contribution in [0.1, 0.15) is 10.4 Å². The van der Waals surface area contributed by atoms with Crippen LogP contribution in [0, 0.1) is 0 Å². The van der Waals surface area contributed by atoms with E-state index in [2.05, 4.69) is 0 Å². The van der Waals surface area contributed by atoms with Crippen LogP contribution in [0.25, 0.3) is 0 Å². The molecule has 0 fully saturated rings. The molecular formula is C11H15NO5. The number of hydrogen-bond donors (Lipinski definition) is 1. The number of ether oxygens (including phenoxy) is 2. The number of methoxy groups -OCH3 is 1. The molecule has 1 N–H and O–H groups in total. The van der Waals surface area contributed by atoms with Crippen molar-refractivity contribution >= 4 is 5.97 Å². The monoisotopic (exact) mass is 241 g/mol. The number of hydrogen-bond acceptors (Lipinski definition) is 4. The summed E-state index contributed by atoms with van der Waals surface area (Å²) < 4.78 is 11.7. The van der Waals surface area contributed by atoms with E-state index in [9.17, 15) is 9.59 Å². The first-order valence-electron chi connectivity index (χ1n) is 5.15. The highest BCUT2D eigenvalue weighted by atomic mass is 16.5. The fourth-order valence-electron chi connectivity index (χ4n) is 1.24. The second-order valence-corrected chi connectivity index (χ2v) is 3.37. The molecule has 94 valence electrons. The van der Waals surface area contributed by atoms with Crippen LogP contribution in [0.2, 0.25) is 0 Å². The third-order valence-corrected chi connectivity index (χ3v) is 2.13. The minimum absolute atomic E-state index is 0.232. The van der Waals surface area contributed by atoms with E-state index in [4.69, 9.17) is 14.6 Å². The first-order chi connectivity index (χ1) is 8.15. The van der Waals surface area contributed by atoms with Crippen LogP contribution in [0.3, 0.4) is 0 Å². The van der Waals surface area contributed by atoms with Gasteiger partial charge in [0.2, 0.25) is 0 Å². The lowest BCUT2D eigenvalue weighted by Gasteiger charge is -2.07. The predicted octanol–water partition coefficient (Wildman–Crippen LogP) is 0.209. The van der Waals surface area contributed by atoms with E-state index in [0.717, 1.165) is 0 Å². The fraction of sp³-hybridized carbons (Fsp3) is 0.455. The largest absolute Gasteiger partial charge is 0.477 e. The number of carbonyl (C=O) groups is 1. The molecule has 1 aromatic rings. The van der Waals surface area contributed by atoms with Gasteiger partial charge in [-0.25, -0.2) is 4.79 Å². The first kappa shape index (κ1) is 13.4. The number of nitrogens with zero attached hydrogens (tertiary/aromatic N) is 1. The molecule has 0 atom stereocenters. The van der Waals surface area contributed by atoms with Crippen LogP contribution in [0.15, 0.2) is 23.3 Å². The van der Waals surface area contributed by atoms with Gasteiger partial charge in [0.1, 0.15) is 5.56 Å². The average Bonchev–Trinajstić information content (AvgIpc) is 2.30. The molecule has 0 saturated carbocycles. The van der Waals surface area contributed by atoms with Gasteiger partial charge in [-0.1, -0.05) is 0 Å². The van der Waals surface area contributed by atoms with E-state index in [1.54, 1.807) is 11.7 Å². The van der Waals surface area contributed by atoms with Crippen LogP contribution < -0.4 is 5.43 Å². The van der Waals surface area contributed by atoms with Crippen molar-refractivity contribution in [3.63, 3.8) is 0 Å². The minimum Gasteiger partial charge on any atom is -0.477 e. The molecule has 0 aliphatic carbocycles. The van der Waals surface area contributed by atoms with E-state index in [0.29, 0.717) is 26.4 Å². The highest BCUT2D eigenvalue weighted by Crippen LogP contribution is 1.93. The van der Waals surface area contributed by atoms with Gasteiger partial charge in [0.25, 0.3) is 0 Å². The Kier molecular flexibility index (Phi) is 5.38. The Balaban J connectivity index is 2.52. The smallest absolute Gasteiger partial charge is 0.341 e. The molecule has 0 saturated heterocycles. The molecule has 1 aromatic heterocycles. The SMILES string of the molecule is COCCOCCn1ccc(=O)c(C(=O)O)c1. The highest BCUT2D eigenvalue weighted by molar-refractivity contribution is 5.86. The van der Waals surface area contributed by atoms with Gasteiger partial charge in [0.15, 0.2) is 5.43 Å². The lowest BCUT2D eigenvalue weighted by molar-refractivity contribution is 0.0659. The summed E-state index contributed by atoms with van der Waals surface area (Å²) in [5.74, 6) is -1.22. The summed E-state index contributed by atoms with van der Waals surface area (Å²) in [4.78, 5) is 21.9. The van der Waals surface area contributed by atoms with Crippen LogP contribution >= 0.6 is 0 Å². The standard InChI is InChI=1S/C11H15NO5/c1-16-6-7-17-5-4-12-3-2-10(13)9(8-12)11(14)15/h2-3,8H,4-7H2,1H3,(H,14,15). The van der Waals surface area contributed by atoms with Gasteiger partial charge >= 0.3 is 5.97 Å². The summed E-state index contributed by atoms with van der Waals surface area (Å²) in [7, 11) is 1.59. The second kappa shape index (κ2) is 6.82. The van der Waals surface area contributed by atoms with E-state index in [1.807, 2.05) is 0 Å². The summed E-state index contributed by atoms with van der Waals surface area (Å²) in [5.41, 5.74) is -0.724. The maximum absolute atomic E-state index is 11.2. The normalized spacial score (nSPS) is 10.4. The predicted molar refractivity (Wildman–Crippen MR) is 60.4 cm³/mol. The van der Waals surface area contributed by atoms with Crippen LogP contribution in [0.4, 0.5) is 0 Å². The Bertz CT molecular complexity index is 426. The molecule has 0 radical (unpaired) electrons. The average molecular weight is 241 g/mol. The number of carboxylic acid groups (broad SMARTS) is 1. The van der Waals surface area contributed by atoms with Gasteiger partial charge in [0, 0.05) is 32.1 Å². The maximum atomic E-state index is 11.2. The lowest BCUT2D eigenvalue weighted by atomic mass is 10.3. The van der Waals surface area contributed by atoms with Crippen LogP contribution in [0.5, 0.6) is 0 Å². The van der Waals surface area contributed by atoms with Crippen molar-refractivity contribution in [3.05, 3.63) is 34.2 Å². The second-order valence-electron chi connectivity index (χ2n) is 3.37. The topological polar surface area (TPSA) is 77.8 Å². The molecule has 0 unspecified atom stereocenters. The van der Waals surface area contributed by atoms with Crippen molar-refractivity contribution in [1.29, 1.82) is 0 Å². The van der Waals surface area contributed by atoms with E-state index >= 15 is 0 Å². The maximum Gasteiger partial charge on any atom is 0.341 e. The minimum atomic E-state index is -1.22. The Morgan fingerprint density at radius 1 is 1.41 bits per heavy atom. The number of carboxylic acids is 1. The molecule has 0 spiro atoms. The van der Waals surface area contributed by atoms with Gasteiger partial charge in [-0.05, 0) is 0 Å². The third kappa shape index (κ3) is 4.38. The molecule has 0 amide bonds. The molecule has 6 heteroatoms. The molecule has 17 heavy (non-hydrogen) atoms. The molecule has 0 aliphatic rings. The molecular weight excluding hydrogens is 226 g/mol. The Morgan fingerprint density at radius 3 is 2.82 bits per heavy atom. The zero-order valence-electron chi connectivity index (χ0n) is 9.59. The summed E-state index contributed by atoms with van der Waals surface area (Å²) in [6.45, 7) is 1.93. The fourth-order valence-corrected chi connectivity index (χ4v) is 1.24. The van der Waals surface area contributed by atoms with Crippen molar-refractivity contribution < 1.29 is 19.4 Å². The van der Waals surface area contributed by atoms with Gasteiger partial charge in [-0.3, -0.25) is 4.79 Å². The van der Waals surface area contributed by atoms with Crippen molar-refractivity contribution in [3.8, 4) is 0 Å². The summed E-state index contributed by atoms with van der Waals surface area (Å²) in [6, 6.07) is 1.23. The van der Waals surface area contributed by atoms with Gasteiger partial charge in [0.05, 0.1) is 19.8 Å². The molecule has 1 rings (SSSR count). The first-order valence-corrected chi connectivity index (χ1v) is 5.15. The summed E-state index contributed by atoms with van der Waals surface area (Å²) in [6.07, 6.45) is 2.85. The van der Waals surface area contributed by atoms with Gasteiger partial charge in [-0.2, -0.15) is 0 Å². The molecule has 1 heterocycles. The van der Waals surface area contributed by atoms with Gasteiger partial charge < -0.3 is 19.1 Å². The summed E-state index contributed by atoms with van der Waals surface area (Å²) >= 11 is 0. The number of aromatic nitrogens is 1. The molecule has 0 bridgehead atoms. The molecule has 6 nitrogen and oxygen atoms in total. The zero-order valence-corrected chi connectivity index (χ0v) is 9.59. The highest BCUT2D eigenvalue weighted by Gasteiger charge is 2.07. The van der Waals surface area contributed by atoms with Crippen LogP contribution in [-0.2, 0) is 16.0 Å². The number of rotatable bonds is 7. The van der Waals surface area contributed by atoms with E-state index < -0.39 is 11.4 Å². The Hall–Kier alpha value is -1.66. The number of pyridine rings is 1. The van der Waals surface area contributed by atoms with Crippen LogP contribution in [-0.4, -0.2) is 42.6 Å². The van der Waals surface area contributed by atoms with Crippen molar-refractivity contribution in [1.82, 2.24) is 4.57 Å². The van der Waals surface area contributed by atoms with E-state index in [-0.39, 0.29) is 5.56 Å². The van der Waals surface area contributed by atoms with Crippen molar-refractivity contribution in [2.45, 2.75) is 6.54 Å². The van der Waals surface area contributed by atoms with Gasteiger partial charge in [-0.15, -0.1) is 0 Å². The zero-order chi connectivity index (χ0) is 12.7. The lowest BCUT2D eigenvalue weighted by Crippen LogP contribution is -2.18.